The summed E-state index contributed by atoms with van der Waals surface area (Å²) in [5.41, 5.74) is 6.45. The van der Waals surface area contributed by atoms with E-state index in [0.717, 1.165) is 9.26 Å². The number of nitrogens with one attached hydrogen (secondary N) is 1. The number of carbonyl (C=O) groups excluding carboxylic acids is 1. The van der Waals surface area contributed by atoms with Crippen molar-refractivity contribution in [2.75, 3.05) is 19.0 Å². The van der Waals surface area contributed by atoms with Gasteiger partial charge >= 0.3 is 0 Å². The second-order valence-electron chi connectivity index (χ2n) is 3.38. The highest BCUT2D eigenvalue weighted by Crippen LogP contribution is 2.11. The van der Waals surface area contributed by atoms with Gasteiger partial charge in [0.05, 0.1) is 6.04 Å². The zero-order valence-corrected chi connectivity index (χ0v) is 11.2. The average molecular weight is 334 g/mol. The predicted octanol–water partition coefficient (Wildman–Crippen LogP) is 1.59. The lowest BCUT2D eigenvalue weighted by Crippen LogP contribution is -2.36. The van der Waals surface area contributed by atoms with Gasteiger partial charge < -0.3 is 15.8 Å². The highest BCUT2D eigenvalue weighted by molar-refractivity contribution is 14.1. The fourth-order valence-electron chi connectivity index (χ4n) is 1.14. The molecule has 0 saturated carbocycles. The van der Waals surface area contributed by atoms with E-state index in [1.807, 2.05) is 24.3 Å². The molecule has 1 aromatic carbocycles. The maximum atomic E-state index is 11.6. The first-order valence-electron chi connectivity index (χ1n) is 4.94. The lowest BCUT2D eigenvalue weighted by Gasteiger charge is -2.11. The predicted molar refractivity (Wildman–Crippen MR) is 72.3 cm³/mol. The Kier molecular flexibility index (Phi) is 5.72. The molecule has 88 valence electrons. The molecule has 0 fully saturated rings. The molecule has 1 atom stereocenters. The van der Waals surface area contributed by atoms with E-state index in [9.17, 15) is 4.79 Å². The van der Waals surface area contributed by atoms with Crippen LogP contribution in [0.3, 0.4) is 0 Å². The van der Waals surface area contributed by atoms with Crippen LogP contribution in [0.4, 0.5) is 5.69 Å². The Morgan fingerprint density at radius 1 is 1.50 bits per heavy atom. The van der Waals surface area contributed by atoms with E-state index in [-0.39, 0.29) is 5.91 Å². The third-order valence-corrected chi connectivity index (χ3v) is 2.80. The van der Waals surface area contributed by atoms with Gasteiger partial charge in [0.15, 0.2) is 0 Å². The van der Waals surface area contributed by atoms with Gasteiger partial charge in [0.2, 0.25) is 5.91 Å². The Balaban J connectivity index is 2.47. The first-order valence-corrected chi connectivity index (χ1v) is 6.02. The van der Waals surface area contributed by atoms with Crippen LogP contribution < -0.4 is 11.1 Å². The SMILES string of the molecule is COCCC(N)C(=O)Nc1ccc(I)cc1. The number of hydrogen-bond acceptors (Lipinski definition) is 3. The van der Waals surface area contributed by atoms with E-state index < -0.39 is 6.04 Å². The second-order valence-corrected chi connectivity index (χ2v) is 4.63. The molecule has 0 radical (unpaired) electrons. The highest BCUT2D eigenvalue weighted by atomic mass is 127. The molecule has 0 heterocycles. The average Bonchev–Trinajstić information content (AvgIpc) is 2.29. The van der Waals surface area contributed by atoms with Crippen LogP contribution in [0.5, 0.6) is 0 Å². The van der Waals surface area contributed by atoms with Crippen LogP contribution in [0.2, 0.25) is 0 Å². The van der Waals surface area contributed by atoms with Crippen molar-refractivity contribution in [2.45, 2.75) is 12.5 Å². The van der Waals surface area contributed by atoms with Crippen molar-refractivity contribution in [3.05, 3.63) is 27.8 Å². The van der Waals surface area contributed by atoms with Crippen LogP contribution in [-0.2, 0) is 9.53 Å². The van der Waals surface area contributed by atoms with Gasteiger partial charge in [0.25, 0.3) is 0 Å². The fraction of sp³-hybridized carbons (Fsp3) is 0.364. The maximum absolute atomic E-state index is 11.6. The van der Waals surface area contributed by atoms with Crippen LogP contribution in [0, 0.1) is 3.57 Å². The second kappa shape index (κ2) is 6.82. The number of halogens is 1. The number of ether oxygens (including phenoxy) is 1. The van der Waals surface area contributed by atoms with E-state index in [4.69, 9.17) is 10.5 Å². The van der Waals surface area contributed by atoms with Crippen LogP contribution in [0.25, 0.3) is 0 Å². The van der Waals surface area contributed by atoms with E-state index in [1.54, 1.807) is 7.11 Å². The van der Waals surface area contributed by atoms with Crippen LogP contribution in [0.1, 0.15) is 6.42 Å². The van der Waals surface area contributed by atoms with Gasteiger partial charge in [-0.25, -0.2) is 0 Å². The minimum Gasteiger partial charge on any atom is -0.385 e. The zero-order chi connectivity index (χ0) is 12.0. The van der Waals surface area contributed by atoms with Gasteiger partial charge in [-0.3, -0.25) is 4.79 Å². The van der Waals surface area contributed by atoms with Gasteiger partial charge in [-0.15, -0.1) is 0 Å². The molecule has 0 bridgehead atoms. The summed E-state index contributed by atoms with van der Waals surface area (Å²) in [6.45, 7) is 0.487. The number of amides is 1. The molecule has 1 aromatic rings. The largest absolute Gasteiger partial charge is 0.385 e. The zero-order valence-electron chi connectivity index (χ0n) is 9.07. The van der Waals surface area contributed by atoms with Crippen LogP contribution in [-0.4, -0.2) is 25.7 Å². The van der Waals surface area contributed by atoms with Crippen molar-refractivity contribution in [3.63, 3.8) is 0 Å². The monoisotopic (exact) mass is 334 g/mol. The van der Waals surface area contributed by atoms with Crippen molar-refractivity contribution >= 4 is 34.2 Å². The van der Waals surface area contributed by atoms with Crippen LogP contribution >= 0.6 is 22.6 Å². The van der Waals surface area contributed by atoms with Crippen molar-refractivity contribution in [2.24, 2.45) is 5.73 Å². The Morgan fingerprint density at radius 2 is 2.12 bits per heavy atom. The molecule has 0 aliphatic carbocycles. The van der Waals surface area contributed by atoms with Gasteiger partial charge in [0.1, 0.15) is 0 Å². The molecule has 5 heteroatoms. The summed E-state index contributed by atoms with van der Waals surface area (Å²) in [5, 5.41) is 2.75. The summed E-state index contributed by atoms with van der Waals surface area (Å²) < 4.78 is 5.99. The Labute approximate surface area is 109 Å². The molecule has 0 aromatic heterocycles. The minimum atomic E-state index is -0.528. The van der Waals surface area contributed by atoms with E-state index >= 15 is 0 Å². The number of benzene rings is 1. The number of anilines is 1. The van der Waals surface area contributed by atoms with E-state index in [1.165, 1.54) is 0 Å². The van der Waals surface area contributed by atoms with Crippen molar-refractivity contribution in [1.29, 1.82) is 0 Å². The van der Waals surface area contributed by atoms with Gasteiger partial charge in [-0.1, -0.05) is 0 Å². The lowest BCUT2D eigenvalue weighted by molar-refractivity contribution is -0.117. The van der Waals surface area contributed by atoms with Crippen molar-refractivity contribution in [1.82, 2.24) is 0 Å². The summed E-state index contributed by atoms with van der Waals surface area (Å²) in [5.74, 6) is -0.182. The highest BCUT2D eigenvalue weighted by Gasteiger charge is 2.12. The molecular formula is C11H15IN2O2. The molecule has 16 heavy (non-hydrogen) atoms. The molecule has 1 unspecified atom stereocenters. The topological polar surface area (TPSA) is 64.3 Å². The fourth-order valence-corrected chi connectivity index (χ4v) is 1.50. The quantitative estimate of drug-likeness (QED) is 0.804. The third kappa shape index (κ3) is 4.46. The number of carbonyl (C=O) groups is 1. The summed E-state index contributed by atoms with van der Waals surface area (Å²) in [7, 11) is 1.59. The maximum Gasteiger partial charge on any atom is 0.241 e. The number of rotatable bonds is 5. The Bertz CT molecular complexity index is 340. The minimum absolute atomic E-state index is 0.182. The molecule has 0 aliphatic heterocycles. The van der Waals surface area contributed by atoms with Crippen molar-refractivity contribution < 1.29 is 9.53 Å². The molecule has 3 N–H and O–H groups in total. The number of hydrogen-bond donors (Lipinski definition) is 2. The smallest absolute Gasteiger partial charge is 0.241 e. The normalized spacial score (nSPS) is 12.2. The summed E-state index contributed by atoms with van der Waals surface area (Å²) in [4.78, 5) is 11.6. The van der Waals surface area contributed by atoms with Gasteiger partial charge in [-0.05, 0) is 53.3 Å². The molecule has 0 aliphatic rings. The molecule has 4 nitrogen and oxygen atoms in total. The molecule has 1 rings (SSSR count). The first-order chi connectivity index (χ1) is 7.63. The molecular weight excluding hydrogens is 319 g/mol. The van der Waals surface area contributed by atoms with Gasteiger partial charge in [0, 0.05) is 23.0 Å². The Morgan fingerprint density at radius 3 is 2.69 bits per heavy atom. The molecule has 0 saturated heterocycles. The van der Waals surface area contributed by atoms with Gasteiger partial charge in [-0.2, -0.15) is 0 Å². The third-order valence-electron chi connectivity index (χ3n) is 2.08. The number of methoxy groups -OCH3 is 1. The Hall–Kier alpha value is -0.660. The molecule has 0 spiro atoms. The van der Waals surface area contributed by atoms with E-state index in [0.29, 0.717) is 13.0 Å². The standard InChI is InChI=1S/C11H15IN2O2/c1-16-7-6-10(13)11(15)14-9-4-2-8(12)3-5-9/h2-5,10H,6-7,13H2,1H3,(H,14,15). The number of nitrogens with two attached hydrogens (primary N) is 1. The lowest BCUT2D eigenvalue weighted by atomic mass is 10.2. The summed E-state index contributed by atoms with van der Waals surface area (Å²) >= 11 is 2.21. The van der Waals surface area contributed by atoms with E-state index in [2.05, 4.69) is 27.9 Å². The summed E-state index contributed by atoms with van der Waals surface area (Å²) in [6.07, 6.45) is 0.521. The molecule has 1 amide bonds. The van der Waals surface area contributed by atoms with Crippen LogP contribution in [0.15, 0.2) is 24.3 Å². The summed E-state index contributed by atoms with van der Waals surface area (Å²) in [6, 6.07) is 7.03. The van der Waals surface area contributed by atoms with Crippen molar-refractivity contribution in [3.8, 4) is 0 Å². The first kappa shape index (κ1) is 13.4.